The molecule has 4 heteroatoms. The summed E-state index contributed by atoms with van der Waals surface area (Å²) in [5, 5.41) is 12.0. The number of amides is 1. The number of carbonyl (C=O) groups excluding carboxylic acids is 1. The third-order valence-electron chi connectivity index (χ3n) is 3.02. The lowest BCUT2D eigenvalue weighted by Crippen LogP contribution is -2.40. The van der Waals surface area contributed by atoms with Gasteiger partial charge in [-0.15, -0.1) is 0 Å². The van der Waals surface area contributed by atoms with Gasteiger partial charge in [0, 0.05) is 24.3 Å². The molecule has 0 bridgehead atoms. The van der Waals surface area contributed by atoms with Crippen LogP contribution in [0, 0.1) is 5.92 Å². The molecule has 0 saturated heterocycles. The molecule has 0 aliphatic rings. The molecular weight excluding hydrogens is 258 g/mol. The fourth-order valence-corrected chi connectivity index (χ4v) is 2.61. The summed E-state index contributed by atoms with van der Waals surface area (Å²) in [4.78, 5) is 12.1. The molecule has 2 unspecified atom stereocenters. The van der Waals surface area contributed by atoms with Crippen LogP contribution in [0.25, 0.3) is 0 Å². The topological polar surface area (TPSA) is 49.3 Å². The number of rotatable bonds is 8. The summed E-state index contributed by atoms with van der Waals surface area (Å²) in [5.41, 5.74) is 1.17. The molecule has 1 aromatic rings. The van der Waals surface area contributed by atoms with Gasteiger partial charge in [0.1, 0.15) is 0 Å². The van der Waals surface area contributed by atoms with Gasteiger partial charge in [0.15, 0.2) is 0 Å². The Kier molecular flexibility index (Phi) is 7.60. The van der Waals surface area contributed by atoms with Crippen LogP contribution in [-0.2, 0) is 11.2 Å². The molecule has 19 heavy (non-hydrogen) atoms. The van der Waals surface area contributed by atoms with Crippen molar-refractivity contribution in [2.75, 3.05) is 18.6 Å². The molecule has 0 saturated carbocycles. The van der Waals surface area contributed by atoms with Crippen molar-refractivity contribution < 1.29 is 9.90 Å². The number of aliphatic hydroxyl groups excluding tert-OH is 1. The van der Waals surface area contributed by atoms with E-state index in [1.54, 1.807) is 11.8 Å². The van der Waals surface area contributed by atoms with E-state index in [0.29, 0.717) is 6.42 Å². The monoisotopic (exact) mass is 281 g/mol. The molecule has 0 aromatic heterocycles. The number of hydrogen-bond donors (Lipinski definition) is 2. The van der Waals surface area contributed by atoms with Crippen LogP contribution in [0.2, 0.25) is 0 Å². The number of aliphatic hydroxyl groups is 1. The Labute approximate surface area is 119 Å². The Hall–Kier alpha value is -1.00. The Morgan fingerprint density at radius 1 is 1.37 bits per heavy atom. The summed E-state index contributed by atoms with van der Waals surface area (Å²) in [6, 6.07) is 10.1. The summed E-state index contributed by atoms with van der Waals surface area (Å²) in [6.07, 6.45) is 3.37. The summed E-state index contributed by atoms with van der Waals surface area (Å²) in [7, 11) is 0. The average Bonchev–Trinajstić information content (AvgIpc) is 2.40. The second kappa shape index (κ2) is 8.99. The van der Waals surface area contributed by atoms with Crippen LogP contribution in [-0.4, -0.2) is 35.7 Å². The normalized spacial score (nSPS) is 13.8. The lowest BCUT2D eigenvalue weighted by molar-refractivity contribution is -0.125. The van der Waals surface area contributed by atoms with Gasteiger partial charge >= 0.3 is 0 Å². The first-order valence-corrected chi connectivity index (χ1v) is 8.00. The number of nitrogens with one attached hydrogen (secondary N) is 1. The average molecular weight is 281 g/mol. The molecule has 106 valence electrons. The molecule has 0 aliphatic carbocycles. The molecule has 0 heterocycles. The first kappa shape index (κ1) is 16.1. The lowest BCUT2D eigenvalue weighted by Gasteiger charge is -2.19. The first-order valence-electron chi connectivity index (χ1n) is 6.61. The van der Waals surface area contributed by atoms with Gasteiger partial charge in [-0.25, -0.2) is 0 Å². The number of benzene rings is 1. The number of carbonyl (C=O) groups is 1. The van der Waals surface area contributed by atoms with Crippen LogP contribution in [0.5, 0.6) is 0 Å². The maximum absolute atomic E-state index is 12.1. The smallest absolute Gasteiger partial charge is 0.223 e. The molecule has 3 nitrogen and oxygen atoms in total. The maximum atomic E-state index is 12.1. The standard InChI is InChI=1S/C15H23NO2S/c1-12(10-13-6-4-3-5-7-13)15(18)16-14(8-9-17)11-19-2/h3-7,12,14,17H,8-11H2,1-2H3,(H,16,18). The van der Waals surface area contributed by atoms with Crippen LogP contribution in [0.15, 0.2) is 30.3 Å². The molecule has 0 aliphatic heterocycles. The van der Waals surface area contributed by atoms with E-state index in [-0.39, 0.29) is 24.5 Å². The van der Waals surface area contributed by atoms with E-state index in [9.17, 15) is 4.79 Å². The predicted molar refractivity (Wildman–Crippen MR) is 81.3 cm³/mol. The van der Waals surface area contributed by atoms with Gasteiger partial charge in [0.25, 0.3) is 0 Å². The van der Waals surface area contributed by atoms with Crippen LogP contribution < -0.4 is 5.32 Å². The predicted octanol–water partition coefficient (Wildman–Crippen LogP) is 2.10. The summed E-state index contributed by atoms with van der Waals surface area (Å²) in [6.45, 7) is 2.05. The van der Waals surface area contributed by atoms with E-state index in [1.165, 1.54) is 5.56 Å². The molecule has 0 radical (unpaired) electrons. The summed E-state index contributed by atoms with van der Waals surface area (Å²) < 4.78 is 0. The zero-order valence-electron chi connectivity index (χ0n) is 11.6. The molecule has 2 atom stereocenters. The largest absolute Gasteiger partial charge is 0.396 e. The Bertz CT molecular complexity index is 364. The fourth-order valence-electron chi connectivity index (χ4n) is 1.96. The van der Waals surface area contributed by atoms with Crippen molar-refractivity contribution in [3.05, 3.63) is 35.9 Å². The minimum Gasteiger partial charge on any atom is -0.396 e. The van der Waals surface area contributed by atoms with Crippen LogP contribution >= 0.6 is 11.8 Å². The molecule has 0 spiro atoms. The lowest BCUT2D eigenvalue weighted by atomic mass is 10.00. The van der Waals surface area contributed by atoms with Gasteiger partial charge in [-0.2, -0.15) is 11.8 Å². The second-order valence-electron chi connectivity index (χ2n) is 4.76. The van der Waals surface area contributed by atoms with E-state index >= 15 is 0 Å². The second-order valence-corrected chi connectivity index (χ2v) is 5.67. The van der Waals surface area contributed by atoms with Gasteiger partial charge in [0.2, 0.25) is 5.91 Å². The zero-order valence-corrected chi connectivity index (χ0v) is 12.5. The third kappa shape index (κ3) is 6.12. The van der Waals surface area contributed by atoms with Gasteiger partial charge in [-0.3, -0.25) is 4.79 Å². The highest BCUT2D eigenvalue weighted by atomic mass is 32.2. The fraction of sp³-hybridized carbons (Fsp3) is 0.533. The summed E-state index contributed by atoms with van der Waals surface area (Å²) >= 11 is 1.68. The first-order chi connectivity index (χ1) is 9.17. The van der Waals surface area contributed by atoms with Crippen molar-refractivity contribution in [2.24, 2.45) is 5.92 Å². The molecule has 1 aromatic carbocycles. The minimum atomic E-state index is -0.0505. The highest BCUT2D eigenvalue weighted by Gasteiger charge is 2.17. The Morgan fingerprint density at radius 2 is 2.05 bits per heavy atom. The minimum absolute atomic E-state index is 0.0505. The van der Waals surface area contributed by atoms with Crippen LogP contribution in [0.1, 0.15) is 18.9 Å². The van der Waals surface area contributed by atoms with Gasteiger partial charge in [0.05, 0.1) is 0 Å². The van der Waals surface area contributed by atoms with Crippen LogP contribution in [0.4, 0.5) is 0 Å². The van der Waals surface area contributed by atoms with E-state index in [2.05, 4.69) is 5.32 Å². The molecule has 2 N–H and O–H groups in total. The van der Waals surface area contributed by atoms with E-state index < -0.39 is 0 Å². The number of hydrogen-bond acceptors (Lipinski definition) is 3. The van der Waals surface area contributed by atoms with Gasteiger partial charge in [-0.1, -0.05) is 37.3 Å². The van der Waals surface area contributed by atoms with Crippen molar-refractivity contribution >= 4 is 17.7 Å². The molecular formula is C15H23NO2S. The highest BCUT2D eigenvalue weighted by molar-refractivity contribution is 7.98. The van der Waals surface area contributed by atoms with Crippen molar-refractivity contribution in [3.63, 3.8) is 0 Å². The van der Waals surface area contributed by atoms with Crippen molar-refractivity contribution in [3.8, 4) is 0 Å². The zero-order chi connectivity index (χ0) is 14.1. The van der Waals surface area contributed by atoms with Crippen molar-refractivity contribution in [2.45, 2.75) is 25.8 Å². The molecule has 1 rings (SSSR count). The number of thioether (sulfide) groups is 1. The quantitative estimate of drug-likeness (QED) is 0.767. The Balaban J connectivity index is 2.47. The molecule has 1 amide bonds. The van der Waals surface area contributed by atoms with E-state index in [1.807, 2.05) is 43.5 Å². The van der Waals surface area contributed by atoms with Gasteiger partial charge < -0.3 is 10.4 Å². The Morgan fingerprint density at radius 3 is 2.63 bits per heavy atom. The maximum Gasteiger partial charge on any atom is 0.223 e. The van der Waals surface area contributed by atoms with E-state index in [0.717, 1.165) is 12.2 Å². The van der Waals surface area contributed by atoms with Crippen molar-refractivity contribution in [1.29, 1.82) is 0 Å². The van der Waals surface area contributed by atoms with E-state index in [4.69, 9.17) is 5.11 Å². The third-order valence-corrected chi connectivity index (χ3v) is 3.76. The summed E-state index contributed by atoms with van der Waals surface area (Å²) in [5.74, 6) is 0.853. The highest BCUT2D eigenvalue weighted by Crippen LogP contribution is 2.09. The SMILES string of the molecule is CSCC(CCO)NC(=O)C(C)Cc1ccccc1. The van der Waals surface area contributed by atoms with Gasteiger partial charge in [-0.05, 0) is 24.7 Å². The molecule has 0 fully saturated rings. The van der Waals surface area contributed by atoms with Crippen molar-refractivity contribution in [1.82, 2.24) is 5.32 Å². The van der Waals surface area contributed by atoms with Crippen LogP contribution in [0.3, 0.4) is 0 Å².